The van der Waals surface area contributed by atoms with Gasteiger partial charge in [-0.25, -0.2) is 13.4 Å². The smallest absolute Gasteiger partial charge is 0.252 e. The van der Waals surface area contributed by atoms with Gasteiger partial charge in [-0.3, -0.25) is 19.6 Å². The van der Waals surface area contributed by atoms with Crippen molar-refractivity contribution < 1.29 is 23.1 Å². The summed E-state index contributed by atoms with van der Waals surface area (Å²) in [6, 6.07) is 12.9. The van der Waals surface area contributed by atoms with Crippen molar-refractivity contribution in [3.63, 3.8) is 0 Å². The molecule has 1 atom stereocenters. The van der Waals surface area contributed by atoms with Crippen LogP contribution in [0, 0.1) is 0 Å². The maximum Gasteiger partial charge on any atom is 0.252 e. The molecule has 2 amide bonds. The van der Waals surface area contributed by atoms with E-state index in [0.717, 1.165) is 41.3 Å². The minimum absolute atomic E-state index is 0. The number of amides is 2. The monoisotopic (exact) mass is 676 g/mol. The van der Waals surface area contributed by atoms with E-state index in [1.165, 1.54) is 11.1 Å². The molecule has 0 radical (unpaired) electrons. The lowest BCUT2D eigenvalue weighted by atomic mass is 10.0. The number of nitrogens with zero attached hydrogens (tertiary/aromatic N) is 6. The van der Waals surface area contributed by atoms with Crippen LogP contribution in [0.4, 0.5) is 5.69 Å². The number of halogens is 2. The van der Waals surface area contributed by atoms with Crippen molar-refractivity contribution in [2.75, 3.05) is 51.2 Å². The first kappa shape index (κ1) is 33.4. The third kappa shape index (κ3) is 6.91. The van der Waals surface area contributed by atoms with Crippen LogP contribution in [0.15, 0.2) is 65.8 Å². The fourth-order valence-corrected chi connectivity index (χ4v) is 8.14. The Kier molecular flexibility index (Phi) is 10.2. The lowest BCUT2D eigenvalue weighted by Crippen LogP contribution is -2.68. The number of piperidine rings is 2. The topological polar surface area (TPSA) is 118 Å². The van der Waals surface area contributed by atoms with Crippen LogP contribution in [-0.2, 0) is 19.6 Å². The maximum atomic E-state index is 14.0. The van der Waals surface area contributed by atoms with Crippen LogP contribution in [0.25, 0.3) is 10.8 Å². The lowest BCUT2D eigenvalue weighted by molar-refractivity contribution is -0.174. The Morgan fingerprint density at radius 3 is 2.29 bits per heavy atom. The molecule has 0 bridgehead atoms. The van der Waals surface area contributed by atoms with Gasteiger partial charge < -0.3 is 14.9 Å². The number of pyridine rings is 1. The van der Waals surface area contributed by atoms with Gasteiger partial charge in [0.05, 0.1) is 17.5 Å². The van der Waals surface area contributed by atoms with Crippen molar-refractivity contribution in [3.8, 4) is 0 Å². The zero-order chi connectivity index (χ0) is 31.0. The Balaban J connectivity index is 0.00000400. The predicted octanol–water partition coefficient (Wildman–Crippen LogP) is 3.01. The highest BCUT2D eigenvalue weighted by Crippen LogP contribution is 2.29. The van der Waals surface area contributed by atoms with Gasteiger partial charge in [-0.1, -0.05) is 23.7 Å². The summed E-state index contributed by atoms with van der Waals surface area (Å²) in [5.41, 5.74) is 1.09. The largest absolute Gasteiger partial charge is 0.393 e. The Labute approximate surface area is 274 Å². The summed E-state index contributed by atoms with van der Waals surface area (Å²) in [5.74, 6) is -0.749. The summed E-state index contributed by atoms with van der Waals surface area (Å²) in [6.45, 7) is 1.72. The van der Waals surface area contributed by atoms with E-state index in [2.05, 4.69) is 9.88 Å². The number of carbonyl (C=O) groups excluding carboxylic acids is 2. The number of aromatic nitrogens is 1. The summed E-state index contributed by atoms with van der Waals surface area (Å²) < 4.78 is 29.0. The predicted molar refractivity (Wildman–Crippen MR) is 175 cm³/mol. The van der Waals surface area contributed by atoms with Gasteiger partial charge in [0.1, 0.15) is 6.04 Å². The first-order valence-electron chi connectivity index (χ1n) is 15.0. The van der Waals surface area contributed by atoms with E-state index in [-0.39, 0.29) is 42.3 Å². The van der Waals surface area contributed by atoms with Gasteiger partial charge in [-0.2, -0.15) is 4.31 Å². The van der Waals surface area contributed by atoms with Crippen molar-refractivity contribution in [2.45, 2.75) is 48.8 Å². The third-order valence-electron chi connectivity index (χ3n) is 9.07. The summed E-state index contributed by atoms with van der Waals surface area (Å²) in [6.07, 6.45) is 5.48. The number of carbonyl (C=O) groups is 2. The van der Waals surface area contributed by atoms with E-state index in [0.29, 0.717) is 36.3 Å². The molecular formula is C31H38Cl2N6O5S. The summed E-state index contributed by atoms with van der Waals surface area (Å²) in [5, 5.41) is 15.4. The molecule has 3 saturated heterocycles. The highest BCUT2D eigenvalue weighted by atomic mass is 35.5. The second-order valence-electron chi connectivity index (χ2n) is 11.8. The van der Waals surface area contributed by atoms with Crippen LogP contribution in [-0.4, -0.2) is 114 Å². The molecular weight excluding hydrogens is 639 g/mol. The third-order valence-corrected chi connectivity index (χ3v) is 11.1. The summed E-state index contributed by atoms with van der Waals surface area (Å²) >= 11 is 6.11. The number of aliphatic hydroxyl groups is 1. The number of anilines is 1. The van der Waals surface area contributed by atoms with Crippen LogP contribution >= 0.6 is 24.0 Å². The van der Waals surface area contributed by atoms with E-state index < -0.39 is 28.1 Å². The van der Waals surface area contributed by atoms with Crippen LogP contribution in [0.3, 0.4) is 0 Å². The number of hydrogen-bond acceptors (Lipinski definition) is 8. The standard InChI is InChI=1S/C31H37ClN6O5S.ClH/c1-34(25-8-14-35(15-9-25)26-6-12-33-13-7-26)38-29(31(41)36-16-10-27(39)11-17-36)20-37(21-30(38)40)44(42,43)28-5-3-22-18-24(32)4-2-23(22)19-28;/h2-7,12-13,18-19,25,27,29,39H,8-11,14-17,20-21H2,1H3;1H. The van der Waals surface area contributed by atoms with Crippen molar-refractivity contribution >= 4 is 62.3 Å². The van der Waals surface area contributed by atoms with Crippen LogP contribution < -0.4 is 4.90 Å². The summed E-state index contributed by atoms with van der Waals surface area (Å²) in [7, 11) is -2.28. The average molecular weight is 678 g/mol. The zero-order valence-electron chi connectivity index (χ0n) is 25.0. The molecule has 1 aromatic heterocycles. The molecule has 3 aliphatic rings. The van der Waals surface area contributed by atoms with E-state index in [1.54, 1.807) is 47.6 Å². The molecule has 4 heterocycles. The number of hydrogen-bond donors (Lipinski definition) is 1. The molecule has 3 aliphatic heterocycles. The van der Waals surface area contributed by atoms with Gasteiger partial charge in [0.15, 0.2) is 0 Å². The highest BCUT2D eigenvalue weighted by molar-refractivity contribution is 7.89. The highest BCUT2D eigenvalue weighted by Gasteiger charge is 2.46. The molecule has 14 heteroatoms. The number of hydrazine groups is 1. The van der Waals surface area contributed by atoms with Gasteiger partial charge >= 0.3 is 0 Å². The molecule has 1 N–H and O–H groups in total. The molecule has 11 nitrogen and oxygen atoms in total. The van der Waals surface area contributed by atoms with E-state index in [4.69, 9.17) is 11.6 Å². The quantitative estimate of drug-likeness (QED) is 0.424. The second kappa shape index (κ2) is 13.8. The second-order valence-corrected chi connectivity index (χ2v) is 14.1. The number of piperazine rings is 1. The molecule has 45 heavy (non-hydrogen) atoms. The molecule has 1 unspecified atom stereocenters. The molecule has 3 fully saturated rings. The zero-order valence-corrected chi connectivity index (χ0v) is 27.4. The fraction of sp³-hybridized carbons (Fsp3) is 0.452. The summed E-state index contributed by atoms with van der Waals surface area (Å²) in [4.78, 5) is 36.0. The molecule has 3 aromatic rings. The van der Waals surface area contributed by atoms with Gasteiger partial charge in [0, 0.05) is 68.9 Å². The number of aliphatic hydroxyl groups excluding tert-OH is 1. The van der Waals surface area contributed by atoms with Crippen molar-refractivity contribution in [1.82, 2.24) is 24.2 Å². The van der Waals surface area contributed by atoms with Crippen LogP contribution in [0.2, 0.25) is 5.02 Å². The van der Waals surface area contributed by atoms with Crippen molar-refractivity contribution in [1.29, 1.82) is 0 Å². The SMILES string of the molecule is CN(C1CCN(c2ccncc2)CC1)N1C(=O)CN(S(=O)(=O)c2ccc3cc(Cl)ccc3c2)CC1C(=O)N1CCC(O)CC1.Cl. The van der Waals surface area contributed by atoms with Gasteiger partial charge in [-0.05, 0) is 72.9 Å². The molecule has 242 valence electrons. The fourth-order valence-electron chi connectivity index (χ4n) is 6.52. The first-order chi connectivity index (χ1) is 21.1. The Bertz CT molecular complexity index is 1630. The van der Waals surface area contributed by atoms with E-state index >= 15 is 0 Å². The number of sulfonamides is 1. The van der Waals surface area contributed by atoms with E-state index in [9.17, 15) is 23.1 Å². The Morgan fingerprint density at radius 1 is 0.956 bits per heavy atom. The first-order valence-corrected chi connectivity index (χ1v) is 16.8. The molecule has 0 spiro atoms. The minimum Gasteiger partial charge on any atom is -0.393 e. The molecule has 6 rings (SSSR count). The number of benzene rings is 2. The number of fused-ring (bicyclic) bond motifs is 1. The maximum absolute atomic E-state index is 14.0. The Morgan fingerprint density at radius 2 is 1.60 bits per heavy atom. The van der Waals surface area contributed by atoms with Gasteiger partial charge in [0.2, 0.25) is 15.9 Å². The van der Waals surface area contributed by atoms with E-state index in [1.807, 2.05) is 24.2 Å². The number of rotatable bonds is 6. The molecule has 0 aliphatic carbocycles. The lowest BCUT2D eigenvalue weighted by Gasteiger charge is -2.49. The van der Waals surface area contributed by atoms with Crippen molar-refractivity contribution in [2.24, 2.45) is 0 Å². The average Bonchev–Trinajstić information content (AvgIpc) is 3.04. The van der Waals surface area contributed by atoms with Gasteiger partial charge in [-0.15, -0.1) is 12.4 Å². The molecule has 2 aromatic carbocycles. The van der Waals surface area contributed by atoms with Crippen LogP contribution in [0.1, 0.15) is 25.7 Å². The van der Waals surface area contributed by atoms with Gasteiger partial charge in [0.25, 0.3) is 5.91 Å². The minimum atomic E-state index is -4.10. The van der Waals surface area contributed by atoms with Crippen molar-refractivity contribution in [3.05, 3.63) is 65.9 Å². The Hall–Kier alpha value is -3.00. The van der Waals surface area contributed by atoms with Crippen LogP contribution in [0.5, 0.6) is 0 Å². The normalized spacial score (nSPS) is 20.9. The number of likely N-dealkylation sites (tertiary alicyclic amines) is 1. The molecule has 0 saturated carbocycles.